The standard InChI is InChI=1S/C13H14N2O5S/c1-9-14-12(20-15-9)7-19-13(16)11-5-3-10(4-6-11)8-21(2,17)18/h3-6H,7-8H2,1-2H3. The Balaban J connectivity index is 1.96. The number of aryl methyl sites for hydroxylation is 1. The fourth-order valence-corrected chi connectivity index (χ4v) is 2.45. The normalized spacial score (nSPS) is 11.3. The maximum absolute atomic E-state index is 11.8. The van der Waals surface area contributed by atoms with Crippen LogP contribution >= 0.6 is 0 Å². The van der Waals surface area contributed by atoms with Crippen LogP contribution in [0.3, 0.4) is 0 Å². The minimum Gasteiger partial charge on any atom is -0.452 e. The first-order valence-corrected chi connectivity index (χ1v) is 8.12. The van der Waals surface area contributed by atoms with E-state index < -0.39 is 15.8 Å². The van der Waals surface area contributed by atoms with Gasteiger partial charge in [0, 0.05) is 6.26 Å². The number of aromatic nitrogens is 2. The summed E-state index contributed by atoms with van der Waals surface area (Å²) in [6.45, 7) is 1.56. The van der Waals surface area contributed by atoms with Crippen LogP contribution in [-0.4, -0.2) is 30.8 Å². The lowest BCUT2D eigenvalue weighted by molar-refractivity contribution is 0.0430. The van der Waals surface area contributed by atoms with Crippen LogP contribution in [0.4, 0.5) is 0 Å². The molecule has 21 heavy (non-hydrogen) atoms. The van der Waals surface area contributed by atoms with Crippen molar-refractivity contribution in [2.24, 2.45) is 0 Å². The number of esters is 1. The third kappa shape index (κ3) is 4.67. The summed E-state index contributed by atoms with van der Waals surface area (Å²) in [7, 11) is -3.10. The van der Waals surface area contributed by atoms with Crippen molar-refractivity contribution >= 4 is 15.8 Å². The molecule has 0 atom stereocenters. The van der Waals surface area contributed by atoms with Crippen molar-refractivity contribution in [2.45, 2.75) is 19.3 Å². The van der Waals surface area contributed by atoms with Gasteiger partial charge in [0.2, 0.25) is 0 Å². The van der Waals surface area contributed by atoms with Crippen LogP contribution in [0.1, 0.15) is 27.6 Å². The van der Waals surface area contributed by atoms with Crippen LogP contribution in [-0.2, 0) is 26.9 Å². The van der Waals surface area contributed by atoms with E-state index in [9.17, 15) is 13.2 Å². The Kier molecular flexibility index (Phi) is 4.37. The second-order valence-electron chi connectivity index (χ2n) is 4.58. The maximum atomic E-state index is 11.8. The molecule has 0 N–H and O–H groups in total. The van der Waals surface area contributed by atoms with Gasteiger partial charge >= 0.3 is 5.97 Å². The fourth-order valence-electron chi connectivity index (χ4n) is 1.65. The fraction of sp³-hybridized carbons (Fsp3) is 0.308. The number of rotatable bonds is 5. The molecule has 112 valence electrons. The summed E-state index contributed by atoms with van der Waals surface area (Å²) in [5, 5.41) is 3.58. The van der Waals surface area contributed by atoms with Gasteiger partial charge in [0.25, 0.3) is 5.89 Å². The highest BCUT2D eigenvalue weighted by Gasteiger charge is 2.11. The number of hydrogen-bond donors (Lipinski definition) is 0. The first-order chi connectivity index (χ1) is 9.83. The van der Waals surface area contributed by atoms with Gasteiger partial charge in [-0.25, -0.2) is 13.2 Å². The number of nitrogens with zero attached hydrogens (tertiary/aromatic N) is 2. The molecule has 0 saturated carbocycles. The van der Waals surface area contributed by atoms with Gasteiger partial charge in [0.15, 0.2) is 22.3 Å². The van der Waals surface area contributed by atoms with Gasteiger partial charge in [-0.3, -0.25) is 0 Å². The second-order valence-corrected chi connectivity index (χ2v) is 6.72. The summed E-state index contributed by atoms with van der Waals surface area (Å²) < 4.78 is 32.2. The number of benzene rings is 1. The molecule has 2 rings (SSSR count). The van der Waals surface area contributed by atoms with Crippen molar-refractivity contribution in [1.82, 2.24) is 10.1 Å². The van der Waals surface area contributed by atoms with Gasteiger partial charge in [0.1, 0.15) is 0 Å². The molecule has 0 aliphatic rings. The zero-order valence-electron chi connectivity index (χ0n) is 11.6. The Bertz CT molecular complexity index is 734. The highest BCUT2D eigenvalue weighted by Crippen LogP contribution is 2.10. The molecule has 0 saturated heterocycles. The second kappa shape index (κ2) is 6.04. The molecule has 0 radical (unpaired) electrons. The van der Waals surface area contributed by atoms with E-state index in [1.807, 2.05) is 0 Å². The highest BCUT2D eigenvalue weighted by atomic mass is 32.2. The van der Waals surface area contributed by atoms with Gasteiger partial charge in [-0.15, -0.1) is 0 Å². The van der Waals surface area contributed by atoms with Crippen molar-refractivity contribution in [3.63, 3.8) is 0 Å². The van der Waals surface area contributed by atoms with E-state index in [0.717, 1.165) is 6.26 Å². The van der Waals surface area contributed by atoms with E-state index in [1.165, 1.54) is 12.1 Å². The van der Waals surface area contributed by atoms with E-state index in [-0.39, 0.29) is 18.3 Å². The zero-order valence-corrected chi connectivity index (χ0v) is 12.4. The Hall–Kier alpha value is -2.22. The summed E-state index contributed by atoms with van der Waals surface area (Å²) in [5.41, 5.74) is 0.935. The van der Waals surface area contributed by atoms with E-state index in [1.54, 1.807) is 19.1 Å². The molecule has 0 fully saturated rings. The summed E-state index contributed by atoms with van der Waals surface area (Å²) >= 11 is 0. The summed E-state index contributed by atoms with van der Waals surface area (Å²) in [5.74, 6) is 0.0707. The lowest BCUT2D eigenvalue weighted by Crippen LogP contribution is -2.06. The van der Waals surface area contributed by atoms with Crippen LogP contribution in [0.2, 0.25) is 0 Å². The quantitative estimate of drug-likeness (QED) is 0.767. The molecule has 0 amide bonds. The molecule has 2 aromatic rings. The predicted octanol–water partition coefficient (Wildman–Crippen LogP) is 1.28. The Labute approximate surface area is 121 Å². The smallest absolute Gasteiger partial charge is 0.338 e. The van der Waals surface area contributed by atoms with Crippen LogP contribution in [0.5, 0.6) is 0 Å². The molecule has 7 nitrogen and oxygen atoms in total. The van der Waals surface area contributed by atoms with E-state index >= 15 is 0 Å². The average Bonchev–Trinajstić information content (AvgIpc) is 2.81. The molecule has 0 unspecified atom stereocenters. The van der Waals surface area contributed by atoms with Crippen molar-refractivity contribution in [1.29, 1.82) is 0 Å². The number of carbonyl (C=O) groups excluding carboxylic acids is 1. The minimum atomic E-state index is -3.10. The van der Waals surface area contributed by atoms with Crippen molar-refractivity contribution < 1.29 is 22.5 Å². The summed E-state index contributed by atoms with van der Waals surface area (Å²) in [4.78, 5) is 15.7. The number of carbonyl (C=O) groups is 1. The Morgan fingerprint density at radius 1 is 1.29 bits per heavy atom. The molecule has 0 spiro atoms. The molecule has 0 aliphatic heterocycles. The number of ether oxygens (including phenoxy) is 1. The highest BCUT2D eigenvalue weighted by molar-refractivity contribution is 7.89. The third-order valence-corrected chi connectivity index (χ3v) is 3.37. The molecule has 1 aromatic carbocycles. The predicted molar refractivity (Wildman–Crippen MR) is 73.1 cm³/mol. The van der Waals surface area contributed by atoms with Crippen molar-refractivity contribution in [3.05, 3.63) is 47.1 Å². The van der Waals surface area contributed by atoms with Gasteiger partial charge in [-0.1, -0.05) is 17.3 Å². The van der Waals surface area contributed by atoms with Crippen LogP contribution in [0.25, 0.3) is 0 Å². The molecule has 1 aromatic heterocycles. The molecule has 8 heteroatoms. The average molecular weight is 310 g/mol. The Morgan fingerprint density at radius 2 is 1.95 bits per heavy atom. The van der Waals surface area contributed by atoms with Gasteiger partial charge in [-0.2, -0.15) is 4.98 Å². The monoisotopic (exact) mass is 310 g/mol. The zero-order chi connectivity index (χ0) is 15.5. The first-order valence-electron chi connectivity index (χ1n) is 6.06. The molecule has 0 bridgehead atoms. The maximum Gasteiger partial charge on any atom is 0.338 e. The van der Waals surface area contributed by atoms with Gasteiger partial charge in [-0.05, 0) is 24.6 Å². The third-order valence-electron chi connectivity index (χ3n) is 2.51. The van der Waals surface area contributed by atoms with E-state index in [0.29, 0.717) is 17.0 Å². The van der Waals surface area contributed by atoms with E-state index in [2.05, 4.69) is 10.1 Å². The molecular weight excluding hydrogens is 296 g/mol. The largest absolute Gasteiger partial charge is 0.452 e. The van der Waals surface area contributed by atoms with Crippen molar-refractivity contribution in [3.8, 4) is 0 Å². The van der Waals surface area contributed by atoms with Crippen LogP contribution in [0, 0.1) is 6.92 Å². The first kappa shape index (κ1) is 15.2. The van der Waals surface area contributed by atoms with Crippen LogP contribution in [0.15, 0.2) is 28.8 Å². The summed E-state index contributed by atoms with van der Waals surface area (Å²) in [6.07, 6.45) is 1.15. The van der Waals surface area contributed by atoms with Gasteiger partial charge < -0.3 is 9.26 Å². The van der Waals surface area contributed by atoms with Crippen LogP contribution < -0.4 is 0 Å². The Morgan fingerprint density at radius 3 is 2.48 bits per heavy atom. The molecular formula is C13H14N2O5S. The lowest BCUT2D eigenvalue weighted by atomic mass is 10.1. The molecule has 0 aliphatic carbocycles. The van der Waals surface area contributed by atoms with Crippen molar-refractivity contribution in [2.75, 3.05) is 6.26 Å². The van der Waals surface area contributed by atoms with E-state index in [4.69, 9.17) is 9.26 Å². The molecule has 1 heterocycles. The van der Waals surface area contributed by atoms with Gasteiger partial charge in [0.05, 0.1) is 11.3 Å². The number of sulfone groups is 1. The number of hydrogen-bond acceptors (Lipinski definition) is 7. The summed E-state index contributed by atoms with van der Waals surface area (Å²) in [6, 6.07) is 6.19. The topological polar surface area (TPSA) is 99.4 Å². The lowest BCUT2D eigenvalue weighted by Gasteiger charge is -2.03. The minimum absolute atomic E-state index is 0.0659. The SMILES string of the molecule is Cc1noc(COC(=O)c2ccc(CS(C)(=O)=O)cc2)n1.